The molecule has 0 radical (unpaired) electrons. The van der Waals surface area contributed by atoms with E-state index in [9.17, 15) is 9.59 Å². The van der Waals surface area contributed by atoms with Crippen molar-refractivity contribution >= 4 is 17.4 Å². The van der Waals surface area contributed by atoms with E-state index in [0.29, 0.717) is 13.2 Å². The molecule has 0 aromatic heterocycles. The molecular formula is C14H15NO3. The minimum absolute atomic E-state index is 0.0390. The first-order chi connectivity index (χ1) is 8.62. The van der Waals surface area contributed by atoms with E-state index in [-0.39, 0.29) is 11.5 Å². The third kappa shape index (κ3) is 1.96. The number of carbonyl (C=O) groups is 1. The molecule has 1 aliphatic rings. The largest absolute Gasteiger partial charge is 0.365 e. The molecule has 0 N–H and O–H groups in total. The summed E-state index contributed by atoms with van der Waals surface area (Å²) >= 11 is 0. The van der Waals surface area contributed by atoms with Gasteiger partial charge in [-0.3, -0.25) is 4.79 Å². The number of hydrogen-bond acceptors (Lipinski definition) is 4. The van der Waals surface area contributed by atoms with Crippen molar-refractivity contribution in [3.05, 3.63) is 36.0 Å². The van der Waals surface area contributed by atoms with Crippen LogP contribution in [0.2, 0.25) is 0 Å². The molecule has 94 valence electrons. The van der Waals surface area contributed by atoms with Crippen molar-refractivity contribution in [2.24, 2.45) is 0 Å². The van der Waals surface area contributed by atoms with E-state index in [2.05, 4.69) is 0 Å². The molecule has 2 rings (SSSR count). The van der Waals surface area contributed by atoms with Gasteiger partial charge in [-0.05, 0) is 26.0 Å². The van der Waals surface area contributed by atoms with Crippen molar-refractivity contribution in [2.45, 2.75) is 19.4 Å². The number of Topliss-reactive ketones (excluding diaryl/α,β-unsaturated/α-hetero) is 1. The average Bonchev–Trinajstić information content (AvgIpc) is 2.63. The standard InChI is InChI=1S/C14H15NO3/c1-3-18-14(2)10-15(12(9-16)13(14)17)11-7-5-4-6-8-11/h4-8H,3,10H2,1-2H3. The van der Waals surface area contributed by atoms with E-state index in [1.54, 1.807) is 17.8 Å². The molecule has 0 aliphatic carbocycles. The number of carbonyl (C=O) groups excluding carboxylic acids is 2. The van der Waals surface area contributed by atoms with Crippen molar-refractivity contribution < 1.29 is 14.3 Å². The maximum Gasteiger partial charge on any atom is 0.223 e. The van der Waals surface area contributed by atoms with Crippen molar-refractivity contribution in [2.75, 3.05) is 18.1 Å². The van der Waals surface area contributed by atoms with E-state index >= 15 is 0 Å². The maximum atomic E-state index is 12.2. The first kappa shape index (κ1) is 12.6. The number of rotatable bonds is 3. The second-order valence-electron chi connectivity index (χ2n) is 4.37. The SMILES string of the molecule is CCOC1(C)CN(c2ccccc2)C(=C=O)C1=O. The Bertz CT molecular complexity index is 505. The Labute approximate surface area is 106 Å². The molecule has 1 saturated heterocycles. The topological polar surface area (TPSA) is 46.6 Å². The maximum absolute atomic E-state index is 12.2. The van der Waals surface area contributed by atoms with Gasteiger partial charge in [0.25, 0.3) is 0 Å². The molecule has 1 fully saturated rings. The number of para-hydroxylation sites is 1. The van der Waals surface area contributed by atoms with Gasteiger partial charge >= 0.3 is 0 Å². The molecule has 0 bridgehead atoms. The van der Waals surface area contributed by atoms with Crippen LogP contribution in [0.1, 0.15) is 13.8 Å². The molecule has 0 amide bonds. The van der Waals surface area contributed by atoms with E-state index in [1.165, 1.54) is 0 Å². The summed E-state index contributed by atoms with van der Waals surface area (Å²) in [6, 6.07) is 9.30. The number of anilines is 1. The van der Waals surface area contributed by atoms with Crippen LogP contribution in [0.5, 0.6) is 0 Å². The molecule has 1 aromatic carbocycles. The number of hydrogen-bond donors (Lipinski definition) is 0. The molecule has 1 atom stereocenters. The van der Waals surface area contributed by atoms with Gasteiger partial charge in [0.1, 0.15) is 5.60 Å². The summed E-state index contributed by atoms with van der Waals surface area (Å²) in [4.78, 5) is 24.8. The van der Waals surface area contributed by atoms with E-state index < -0.39 is 5.60 Å². The Morgan fingerprint density at radius 1 is 1.39 bits per heavy atom. The van der Waals surface area contributed by atoms with E-state index in [0.717, 1.165) is 5.69 Å². The summed E-state index contributed by atoms with van der Waals surface area (Å²) in [5.41, 5.74) is -0.123. The molecule has 4 nitrogen and oxygen atoms in total. The van der Waals surface area contributed by atoms with E-state index in [1.807, 2.05) is 37.3 Å². The fourth-order valence-corrected chi connectivity index (χ4v) is 2.19. The summed E-state index contributed by atoms with van der Waals surface area (Å²) in [5.74, 6) is 1.44. The van der Waals surface area contributed by atoms with Crippen LogP contribution in [0, 0.1) is 0 Å². The molecule has 1 unspecified atom stereocenters. The summed E-state index contributed by atoms with van der Waals surface area (Å²) in [6.07, 6.45) is 0. The van der Waals surface area contributed by atoms with Gasteiger partial charge in [-0.2, -0.15) is 0 Å². The van der Waals surface area contributed by atoms with Crippen LogP contribution in [0.15, 0.2) is 36.0 Å². The van der Waals surface area contributed by atoms with Crippen molar-refractivity contribution in [1.29, 1.82) is 0 Å². The highest BCUT2D eigenvalue weighted by Crippen LogP contribution is 2.32. The normalized spacial score (nSPS) is 23.3. The lowest BCUT2D eigenvalue weighted by atomic mass is 10.0. The Morgan fingerprint density at radius 2 is 2.06 bits per heavy atom. The monoisotopic (exact) mass is 245 g/mol. The molecule has 1 heterocycles. The first-order valence-corrected chi connectivity index (χ1v) is 5.89. The van der Waals surface area contributed by atoms with Crippen molar-refractivity contribution in [3.63, 3.8) is 0 Å². The second-order valence-corrected chi connectivity index (χ2v) is 4.37. The molecule has 0 saturated carbocycles. The van der Waals surface area contributed by atoms with Gasteiger partial charge in [0.2, 0.25) is 5.78 Å². The third-order valence-electron chi connectivity index (χ3n) is 3.05. The average molecular weight is 245 g/mol. The Balaban J connectivity index is 2.40. The lowest BCUT2D eigenvalue weighted by molar-refractivity contribution is -0.133. The van der Waals surface area contributed by atoms with Crippen LogP contribution in [0.3, 0.4) is 0 Å². The van der Waals surface area contributed by atoms with Gasteiger partial charge in [0.15, 0.2) is 11.6 Å². The fraction of sp³-hybridized carbons (Fsp3) is 0.357. The minimum Gasteiger partial charge on any atom is -0.365 e. The molecule has 1 aromatic rings. The van der Waals surface area contributed by atoms with E-state index in [4.69, 9.17) is 4.74 Å². The lowest BCUT2D eigenvalue weighted by Gasteiger charge is -2.22. The minimum atomic E-state index is -0.961. The van der Waals surface area contributed by atoms with Crippen LogP contribution in [0.4, 0.5) is 5.69 Å². The highest BCUT2D eigenvalue weighted by Gasteiger charge is 2.47. The third-order valence-corrected chi connectivity index (χ3v) is 3.05. The van der Waals surface area contributed by atoms with Crippen LogP contribution < -0.4 is 4.90 Å². The summed E-state index contributed by atoms with van der Waals surface area (Å²) in [7, 11) is 0. The molecule has 1 aliphatic heterocycles. The smallest absolute Gasteiger partial charge is 0.223 e. The lowest BCUT2D eigenvalue weighted by Crippen LogP contribution is -2.38. The zero-order chi connectivity index (χ0) is 13.2. The summed E-state index contributed by atoms with van der Waals surface area (Å²) in [6.45, 7) is 4.30. The second kappa shape index (κ2) is 4.77. The van der Waals surface area contributed by atoms with Gasteiger partial charge in [-0.15, -0.1) is 0 Å². The molecule has 4 heteroatoms. The predicted molar refractivity (Wildman–Crippen MR) is 68.0 cm³/mol. The Kier molecular flexibility index (Phi) is 3.32. The summed E-state index contributed by atoms with van der Waals surface area (Å²) < 4.78 is 5.50. The van der Waals surface area contributed by atoms with Gasteiger partial charge in [-0.1, -0.05) is 18.2 Å². The number of benzene rings is 1. The number of ketones is 1. The van der Waals surface area contributed by atoms with Crippen LogP contribution in [-0.2, 0) is 14.3 Å². The van der Waals surface area contributed by atoms with Crippen molar-refractivity contribution in [3.8, 4) is 0 Å². The van der Waals surface area contributed by atoms with Crippen molar-refractivity contribution in [1.82, 2.24) is 0 Å². The fourth-order valence-electron chi connectivity index (χ4n) is 2.19. The van der Waals surface area contributed by atoms with Crippen LogP contribution in [0.25, 0.3) is 0 Å². The highest BCUT2D eigenvalue weighted by molar-refractivity contribution is 6.13. The zero-order valence-electron chi connectivity index (χ0n) is 10.5. The quantitative estimate of drug-likeness (QED) is 0.599. The number of ether oxygens (including phenoxy) is 1. The first-order valence-electron chi connectivity index (χ1n) is 5.89. The Morgan fingerprint density at radius 3 is 2.61 bits per heavy atom. The highest BCUT2D eigenvalue weighted by atomic mass is 16.5. The molecule has 18 heavy (non-hydrogen) atoms. The Hall–Kier alpha value is -1.90. The van der Waals surface area contributed by atoms with Crippen LogP contribution in [-0.4, -0.2) is 30.5 Å². The van der Waals surface area contributed by atoms with Gasteiger partial charge in [0.05, 0.1) is 6.54 Å². The summed E-state index contributed by atoms with van der Waals surface area (Å²) in [5, 5.41) is 0. The van der Waals surface area contributed by atoms with Gasteiger partial charge in [-0.25, -0.2) is 4.79 Å². The number of nitrogens with zero attached hydrogens (tertiary/aromatic N) is 1. The van der Waals surface area contributed by atoms with Gasteiger partial charge < -0.3 is 9.64 Å². The van der Waals surface area contributed by atoms with Crippen LogP contribution >= 0.6 is 0 Å². The van der Waals surface area contributed by atoms with Gasteiger partial charge in [0, 0.05) is 12.3 Å². The molecular weight excluding hydrogens is 230 g/mol. The zero-order valence-corrected chi connectivity index (χ0v) is 10.5. The predicted octanol–water partition coefficient (Wildman–Crippen LogP) is 1.59. The molecule has 0 spiro atoms.